The average Bonchev–Trinajstić information content (AvgIpc) is 3.15. The van der Waals surface area contributed by atoms with Gasteiger partial charge < -0.3 is 24.7 Å². The van der Waals surface area contributed by atoms with Crippen LogP contribution in [0.2, 0.25) is 0 Å². The highest BCUT2D eigenvalue weighted by Gasteiger charge is 2.16. The number of nitrogens with one attached hydrogen (secondary N) is 2. The smallest absolute Gasteiger partial charge is 0.415 e. The van der Waals surface area contributed by atoms with Crippen molar-refractivity contribution in [3.05, 3.63) is 59.3 Å². The predicted molar refractivity (Wildman–Crippen MR) is 118 cm³/mol. The molecule has 0 saturated carbocycles. The third-order valence-corrected chi connectivity index (χ3v) is 5.01. The van der Waals surface area contributed by atoms with Crippen LogP contribution in [0.5, 0.6) is 5.75 Å². The van der Waals surface area contributed by atoms with E-state index in [0.29, 0.717) is 41.2 Å². The first kappa shape index (κ1) is 21.9. The molecule has 0 saturated heterocycles. The summed E-state index contributed by atoms with van der Waals surface area (Å²) in [6, 6.07) is 9.57. The van der Waals surface area contributed by atoms with Crippen molar-refractivity contribution in [2.75, 3.05) is 25.5 Å². The topological polar surface area (TPSA) is 101 Å². The van der Waals surface area contributed by atoms with Gasteiger partial charge in [0.05, 0.1) is 23.9 Å². The Morgan fingerprint density at radius 2 is 1.71 bits per heavy atom. The first-order valence-corrected chi connectivity index (χ1v) is 9.96. The molecule has 3 rings (SSSR count). The molecule has 2 amide bonds. The van der Waals surface area contributed by atoms with Gasteiger partial charge in [-0.2, -0.15) is 0 Å². The largest absolute Gasteiger partial charge is 0.465 e. The van der Waals surface area contributed by atoms with Gasteiger partial charge in [-0.3, -0.25) is 4.79 Å². The number of H-pyrrole nitrogens is 1. The minimum absolute atomic E-state index is 0.340. The monoisotopic (exact) mass is 423 g/mol. The van der Waals surface area contributed by atoms with Gasteiger partial charge in [0.25, 0.3) is 5.91 Å². The molecule has 8 nitrogen and oxygen atoms in total. The summed E-state index contributed by atoms with van der Waals surface area (Å²) in [6.07, 6.45) is 1.37. The van der Waals surface area contributed by atoms with Crippen molar-refractivity contribution in [1.82, 2.24) is 9.88 Å². The fraction of sp³-hybridized carbons (Fsp3) is 0.261. The number of anilines is 1. The Balaban J connectivity index is 1.81. The summed E-state index contributed by atoms with van der Waals surface area (Å²) in [4.78, 5) is 41.5. The molecule has 0 bridgehead atoms. The fourth-order valence-electron chi connectivity index (χ4n) is 3.22. The second-order valence-corrected chi connectivity index (χ2v) is 6.93. The number of carbonyl (C=O) groups excluding carboxylic acids is 3. The number of aromatic nitrogens is 1. The number of hydrogen-bond donors (Lipinski definition) is 2. The molecule has 2 N–H and O–H groups in total. The second-order valence-electron chi connectivity index (χ2n) is 6.93. The summed E-state index contributed by atoms with van der Waals surface area (Å²) in [5.74, 6) is -0.502. The molecule has 0 atom stereocenters. The summed E-state index contributed by atoms with van der Waals surface area (Å²) in [5, 5.41) is 3.65. The Morgan fingerprint density at radius 1 is 1.03 bits per heavy atom. The zero-order valence-electron chi connectivity index (χ0n) is 17.9. The molecule has 8 heteroatoms. The normalized spacial score (nSPS) is 10.6. The SMILES string of the molecule is CCN(CC)C(=O)Oc1ccc(C(=O)Nc2cc(C(=O)OC)cc3c(C)c[nH]c23)cc1. The van der Waals surface area contributed by atoms with E-state index >= 15 is 0 Å². The first-order chi connectivity index (χ1) is 14.9. The van der Waals surface area contributed by atoms with Crippen molar-refractivity contribution < 1.29 is 23.9 Å². The van der Waals surface area contributed by atoms with Gasteiger partial charge >= 0.3 is 12.1 Å². The Labute approximate surface area is 180 Å². The number of amides is 2. The van der Waals surface area contributed by atoms with Gasteiger partial charge in [0.15, 0.2) is 0 Å². The maximum Gasteiger partial charge on any atom is 0.415 e. The van der Waals surface area contributed by atoms with Crippen LogP contribution in [0.15, 0.2) is 42.6 Å². The number of carbonyl (C=O) groups is 3. The molecule has 162 valence electrons. The highest BCUT2D eigenvalue weighted by atomic mass is 16.6. The van der Waals surface area contributed by atoms with Gasteiger partial charge in [0.1, 0.15) is 5.75 Å². The van der Waals surface area contributed by atoms with E-state index in [1.54, 1.807) is 47.5 Å². The Kier molecular flexibility index (Phi) is 6.59. The molecule has 0 aliphatic rings. The van der Waals surface area contributed by atoms with Crippen LogP contribution >= 0.6 is 0 Å². The van der Waals surface area contributed by atoms with Crippen LogP contribution in [-0.2, 0) is 4.74 Å². The van der Waals surface area contributed by atoms with E-state index < -0.39 is 12.1 Å². The Morgan fingerprint density at radius 3 is 2.32 bits per heavy atom. The molecule has 1 heterocycles. The lowest BCUT2D eigenvalue weighted by atomic mass is 10.1. The van der Waals surface area contributed by atoms with Gasteiger partial charge in [-0.1, -0.05) is 0 Å². The van der Waals surface area contributed by atoms with E-state index in [1.807, 2.05) is 20.8 Å². The summed E-state index contributed by atoms with van der Waals surface area (Å²) >= 11 is 0. The third kappa shape index (κ3) is 4.69. The minimum atomic E-state index is -0.489. The molecule has 0 radical (unpaired) electrons. The highest BCUT2D eigenvalue weighted by Crippen LogP contribution is 2.28. The summed E-state index contributed by atoms with van der Waals surface area (Å²) in [7, 11) is 1.31. The number of ether oxygens (including phenoxy) is 2. The maximum absolute atomic E-state index is 12.8. The fourth-order valence-corrected chi connectivity index (χ4v) is 3.22. The van der Waals surface area contributed by atoms with Crippen molar-refractivity contribution >= 4 is 34.6 Å². The van der Waals surface area contributed by atoms with E-state index in [4.69, 9.17) is 9.47 Å². The number of aromatic amines is 1. The van der Waals surface area contributed by atoms with E-state index in [2.05, 4.69) is 10.3 Å². The molecule has 0 fully saturated rings. The summed E-state index contributed by atoms with van der Waals surface area (Å²) in [6.45, 7) is 6.75. The molecular weight excluding hydrogens is 398 g/mol. The van der Waals surface area contributed by atoms with Gasteiger partial charge in [-0.15, -0.1) is 0 Å². The van der Waals surface area contributed by atoms with Gasteiger partial charge in [0, 0.05) is 30.2 Å². The molecular formula is C23H25N3O5. The number of nitrogens with zero attached hydrogens (tertiary/aromatic N) is 1. The van der Waals surface area contributed by atoms with Crippen LogP contribution in [0.25, 0.3) is 10.9 Å². The average molecular weight is 423 g/mol. The quantitative estimate of drug-likeness (QED) is 0.574. The molecule has 1 aromatic heterocycles. The minimum Gasteiger partial charge on any atom is -0.465 e. The van der Waals surface area contributed by atoms with Crippen LogP contribution in [0.4, 0.5) is 10.5 Å². The van der Waals surface area contributed by atoms with Crippen LogP contribution in [0.3, 0.4) is 0 Å². The lowest BCUT2D eigenvalue weighted by Gasteiger charge is -2.17. The number of rotatable bonds is 6. The lowest BCUT2D eigenvalue weighted by molar-refractivity contribution is 0.0600. The summed E-state index contributed by atoms with van der Waals surface area (Å²) in [5.41, 5.74) is 2.83. The van der Waals surface area contributed by atoms with E-state index in [0.717, 1.165) is 10.9 Å². The van der Waals surface area contributed by atoms with Crippen molar-refractivity contribution in [2.45, 2.75) is 20.8 Å². The molecule has 31 heavy (non-hydrogen) atoms. The van der Waals surface area contributed by atoms with Crippen LogP contribution in [0, 0.1) is 6.92 Å². The number of methoxy groups -OCH3 is 1. The van der Waals surface area contributed by atoms with Gasteiger partial charge in [-0.25, -0.2) is 9.59 Å². The molecule has 0 spiro atoms. The van der Waals surface area contributed by atoms with Crippen LogP contribution < -0.4 is 10.1 Å². The molecule has 0 aliphatic carbocycles. The number of esters is 1. The Hall–Kier alpha value is -3.81. The van der Waals surface area contributed by atoms with Crippen molar-refractivity contribution in [3.8, 4) is 5.75 Å². The zero-order chi connectivity index (χ0) is 22.5. The van der Waals surface area contributed by atoms with Gasteiger partial charge in [-0.05, 0) is 62.7 Å². The second kappa shape index (κ2) is 9.34. The number of benzene rings is 2. The molecule has 0 unspecified atom stereocenters. The van der Waals surface area contributed by atoms with Crippen LogP contribution in [0.1, 0.15) is 40.1 Å². The van der Waals surface area contributed by atoms with E-state index in [9.17, 15) is 14.4 Å². The number of fused-ring (bicyclic) bond motifs is 1. The molecule has 2 aromatic carbocycles. The number of hydrogen-bond acceptors (Lipinski definition) is 5. The van der Waals surface area contributed by atoms with Crippen molar-refractivity contribution in [1.29, 1.82) is 0 Å². The lowest BCUT2D eigenvalue weighted by Crippen LogP contribution is -2.33. The van der Waals surface area contributed by atoms with Crippen LogP contribution in [-0.4, -0.2) is 48.1 Å². The van der Waals surface area contributed by atoms with Crippen molar-refractivity contribution in [2.24, 2.45) is 0 Å². The standard InChI is InChI=1S/C23H25N3O5/c1-5-26(6-2)23(29)31-17-9-7-15(8-10-17)21(27)25-19-12-16(22(28)30-4)11-18-14(3)13-24-20(18)19/h7-13,24H,5-6H2,1-4H3,(H,25,27). The molecule has 0 aliphatic heterocycles. The third-order valence-electron chi connectivity index (χ3n) is 5.01. The predicted octanol–water partition coefficient (Wildman–Crippen LogP) is 4.36. The number of aryl methyl sites for hydroxylation is 1. The molecule has 3 aromatic rings. The first-order valence-electron chi connectivity index (χ1n) is 9.96. The summed E-state index contributed by atoms with van der Waals surface area (Å²) < 4.78 is 10.1. The van der Waals surface area contributed by atoms with Crippen molar-refractivity contribution in [3.63, 3.8) is 0 Å². The zero-order valence-corrected chi connectivity index (χ0v) is 17.9. The Bertz CT molecular complexity index is 1110. The van der Waals surface area contributed by atoms with E-state index in [1.165, 1.54) is 7.11 Å². The highest BCUT2D eigenvalue weighted by molar-refractivity contribution is 6.10. The van der Waals surface area contributed by atoms with Gasteiger partial charge in [0.2, 0.25) is 0 Å². The maximum atomic E-state index is 12.8. The van der Waals surface area contributed by atoms with E-state index in [-0.39, 0.29) is 5.91 Å².